The van der Waals surface area contributed by atoms with Gasteiger partial charge in [0.2, 0.25) is 0 Å². The first-order valence-electron chi connectivity index (χ1n) is 11.9. The molecule has 0 spiro atoms. The summed E-state index contributed by atoms with van der Waals surface area (Å²) < 4.78 is 13.7. The van der Waals surface area contributed by atoms with Gasteiger partial charge in [-0.25, -0.2) is 0 Å². The molecule has 6 nitrogen and oxygen atoms in total. The van der Waals surface area contributed by atoms with Crippen molar-refractivity contribution in [1.82, 2.24) is 14.7 Å². The Bertz CT molecular complexity index is 1020. The average molecular weight is 484 g/mol. The number of ether oxygens (including phenoxy) is 2. The van der Waals surface area contributed by atoms with Gasteiger partial charge in [0.15, 0.2) is 0 Å². The van der Waals surface area contributed by atoms with Crippen molar-refractivity contribution in [2.75, 3.05) is 26.3 Å². The summed E-state index contributed by atoms with van der Waals surface area (Å²) in [6.45, 7) is 8.31. The number of rotatable bonds is 10. The molecule has 0 amide bonds. The Morgan fingerprint density at radius 3 is 2.38 bits per heavy atom. The van der Waals surface area contributed by atoms with Crippen molar-refractivity contribution in [3.8, 4) is 11.5 Å². The molecule has 1 fully saturated rings. The molecule has 1 aliphatic heterocycles. The van der Waals surface area contributed by atoms with Crippen LogP contribution in [-0.4, -0.2) is 51.7 Å². The monoisotopic (exact) mass is 483 g/mol. The maximum Gasteiger partial charge on any atom is 0.120 e. The van der Waals surface area contributed by atoms with Crippen LogP contribution in [0.3, 0.4) is 0 Å². The summed E-state index contributed by atoms with van der Waals surface area (Å²) in [7, 11) is 0. The Balaban J connectivity index is 1.18. The highest BCUT2D eigenvalue weighted by atomic mass is 35.5. The largest absolute Gasteiger partial charge is 0.494 e. The Kier molecular flexibility index (Phi) is 8.14. The standard InChI is InChI=1S/C27H34ClN3O3/c1-21-17-25(18-22(2)26(21)28)34-20-27(32)9-14-30(15-10-27)19-23-5-7-24(8-6-23)33-16-4-13-31-12-3-11-29-31/h3,5-8,11-12,17-18,32H,4,9-10,13-16,19-20H2,1-2H3. The van der Waals surface area contributed by atoms with Gasteiger partial charge in [-0.3, -0.25) is 9.58 Å². The normalized spacial score (nSPS) is 15.9. The van der Waals surface area contributed by atoms with E-state index in [1.54, 1.807) is 6.20 Å². The Morgan fingerprint density at radius 2 is 1.74 bits per heavy atom. The van der Waals surface area contributed by atoms with Crippen LogP contribution in [0.1, 0.15) is 36.0 Å². The van der Waals surface area contributed by atoms with Gasteiger partial charge in [-0.2, -0.15) is 5.10 Å². The van der Waals surface area contributed by atoms with Crippen LogP contribution in [0.2, 0.25) is 5.02 Å². The third kappa shape index (κ3) is 6.75. The number of aryl methyl sites for hydroxylation is 3. The predicted octanol–water partition coefficient (Wildman–Crippen LogP) is 5.03. The molecular weight excluding hydrogens is 450 g/mol. The molecule has 4 rings (SSSR count). The first-order valence-corrected chi connectivity index (χ1v) is 12.3. The van der Waals surface area contributed by atoms with Crippen LogP contribution in [0, 0.1) is 13.8 Å². The van der Waals surface area contributed by atoms with Gasteiger partial charge in [0.25, 0.3) is 0 Å². The van der Waals surface area contributed by atoms with E-state index in [1.807, 2.05) is 55.1 Å². The zero-order chi connectivity index (χ0) is 24.0. The zero-order valence-electron chi connectivity index (χ0n) is 20.0. The van der Waals surface area contributed by atoms with Crippen molar-refractivity contribution in [2.24, 2.45) is 0 Å². The molecule has 0 aliphatic carbocycles. The molecule has 1 aliphatic rings. The molecule has 7 heteroatoms. The number of hydrogen-bond acceptors (Lipinski definition) is 5. The third-order valence-corrected chi connectivity index (χ3v) is 6.99. The number of benzene rings is 2. The van der Waals surface area contributed by atoms with E-state index in [-0.39, 0.29) is 0 Å². The average Bonchev–Trinajstić information content (AvgIpc) is 3.35. The van der Waals surface area contributed by atoms with Crippen LogP contribution >= 0.6 is 11.6 Å². The topological polar surface area (TPSA) is 59.8 Å². The molecule has 182 valence electrons. The van der Waals surface area contributed by atoms with Crippen molar-refractivity contribution < 1.29 is 14.6 Å². The van der Waals surface area contributed by atoms with Gasteiger partial charge in [-0.15, -0.1) is 0 Å². The van der Waals surface area contributed by atoms with E-state index >= 15 is 0 Å². The highest BCUT2D eigenvalue weighted by Crippen LogP contribution is 2.29. The highest BCUT2D eigenvalue weighted by molar-refractivity contribution is 6.32. The molecule has 3 aromatic rings. The van der Waals surface area contributed by atoms with E-state index in [4.69, 9.17) is 21.1 Å². The Morgan fingerprint density at radius 1 is 1.03 bits per heavy atom. The molecule has 34 heavy (non-hydrogen) atoms. The number of nitrogens with zero attached hydrogens (tertiary/aromatic N) is 3. The minimum atomic E-state index is -0.800. The smallest absolute Gasteiger partial charge is 0.120 e. The van der Waals surface area contributed by atoms with Crippen molar-refractivity contribution in [1.29, 1.82) is 0 Å². The van der Waals surface area contributed by atoms with Gasteiger partial charge in [0, 0.05) is 50.0 Å². The van der Waals surface area contributed by atoms with E-state index in [2.05, 4.69) is 22.1 Å². The zero-order valence-corrected chi connectivity index (χ0v) is 20.8. The lowest BCUT2D eigenvalue weighted by molar-refractivity contribution is -0.0537. The lowest BCUT2D eigenvalue weighted by Gasteiger charge is -2.38. The fourth-order valence-electron chi connectivity index (χ4n) is 4.28. The van der Waals surface area contributed by atoms with Crippen LogP contribution in [-0.2, 0) is 13.1 Å². The van der Waals surface area contributed by atoms with E-state index in [0.29, 0.717) is 26.1 Å². The molecule has 1 N–H and O–H groups in total. The molecule has 2 heterocycles. The van der Waals surface area contributed by atoms with Crippen LogP contribution in [0.25, 0.3) is 0 Å². The minimum Gasteiger partial charge on any atom is -0.494 e. The fraction of sp³-hybridized carbons (Fsp3) is 0.444. The fourth-order valence-corrected chi connectivity index (χ4v) is 4.39. The quantitative estimate of drug-likeness (QED) is 0.410. The summed E-state index contributed by atoms with van der Waals surface area (Å²) in [5.41, 5.74) is 2.43. The third-order valence-electron chi connectivity index (χ3n) is 6.39. The maximum atomic E-state index is 11.0. The maximum absolute atomic E-state index is 11.0. The lowest BCUT2D eigenvalue weighted by Crippen LogP contribution is -2.47. The molecule has 1 saturated heterocycles. The number of piperidine rings is 1. The molecular formula is C27H34ClN3O3. The molecule has 0 atom stereocenters. The molecule has 1 aromatic heterocycles. The summed E-state index contributed by atoms with van der Waals surface area (Å²) in [6.07, 6.45) is 6.05. The van der Waals surface area contributed by atoms with Gasteiger partial charge < -0.3 is 14.6 Å². The van der Waals surface area contributed by atoms with E-state index in [1.165, 1.54) is 5.56 Å². The lowest BCUT2D eigenvalue weighted by atomic mass is 9.92. The van der Waals surface area contributed by atoms with Crippen LogP contribution in [0.4, 0.5) is 0 Å². The number of hydrogen-bond donors (Lipinski definition) is 1. The summed E-state index contributed by atoms with van der Waals surface area (Å²) >= 11 is 6.24. The second-order valence-corrected chi connectivity index (χ2v) is 9.65. The first-order chi connectivity index (χ1) is 16.4. The Hall–Kier alpha value is -2.54. The second kappa shape index (κ2) is 11.3. The summed E-state index contributed by atoms with van der Waals surface area (Å²) in [5, 5.41) is 16.0. The van der Waals surface area contributed by atoms with Crippen LogP contribution in [0.5, 0.6) is 11.5 Å². The molecule has 0 saturated carbocycles. The van der Waals surface area contributed by atoms with E-state index in [9.17, 15) is 5.11 Å². The molecule has 0 unspecified atom stereocenters. The van der Waals surface area contributed by atoms with Crippen LogP contribution in [0.15, 0.2) is 54.9 Å². The van der Waals surface area contributed by atoms with Crippen LogP contribution < -0.4 is 9.47 Å². The van der Waals surface area contributed by atoms with Gasteiger partial charge in [-0.1, -0.05) is 23.7 Å². The molecule has 2 aromatic carbocycles. The summed E-state index contributed by atoms with van der Waals surface area (Å²) in [4.78, 5) is 2.38. The number of aromatic nitrogens is 2. The van der Waals surface area contributed by atoms with Gasteiger partial charge >= 0.3 is 0 Å². The van der Waals surface area contributed by atoms with Gasteiger partial charge in [-0.05, 0) is 73.7 Å². The first kappa shape index (κ1) is 24.6. The Labute approximate surface area is 207 Å². The van der Waals surface area contributed by atoms with E-state index < -0.39 is 5.60 Å². The SMILES string of the molecule is Cc1cc(OCC2(O)CCN(Cc3ccc(OCCCn4cccn4)cc3)CC2)cc(C)c1Cl. The van der Waals surface area contributed by atoms with Gasteiger partial charge in [0.05, 0.1) is 6.61 Å². The summed E-state index contributed by atoms with van der Waals surface area (Å²) in [5.74, 6) is 1.65. The molecule has 0 radical (unpaired) electrons. The number of aliphatic hydroxyl groups is 1. The molecule has 0 bridgehead atoms. The minimum absolute atomic E-state index is 0.299. The number of halogens is 1. The van der Waals surface area contributed by atoms with Crippen molar-refractivity contribution in [3.63, 3.8) is 0 Å². The van der Waals surface area contributed by atoms with E-state index in [0.717, 1.165) is 60.2 Å². The highest BCUT2D eigenvalue weighted by Gasteiger charge is 2.33. The van der Waals surface area contributed by atoms with Crippen molar-refractivity contribution >= 4 is 11.6 Å². The van der Waals surface area contributed by atoms with Crippen molar-refractivity contribution in [3.05, 3.63) is 76.6 Å². The summed E-state index contributed by atoms with van der Waals surface area (Å²) in [6, 6.07) is 14.1. The predicted molar refractivity (Wildman–Crippen MR) is 135 cm³/mol. The number of likely N-dealkylation sites (tertiary alicyclic amines) is 1. The van der Waals surface area contributed by atoms with Gasteiger partial charge in [0.1, 0.15) is 23.7 Å². The van der Waals surface area contributed by atoms with Crippen molar-refractivity contribution in [2.45, 2.75) is 51.8 Å². The second-order valence-electron chi connectivity index (χ2n) is 9.28.